The first-order valence-corrected chi connectivity index (χ1v) is 8.12. The van der Waals surface area contributed by atoms with Crippen molar-refractivity contribution in [2.75, 3.05) is 5.32 Å². The van der Waals surface area contributed by atoms with Crippen molar-refractivity contribution in [1.29, 1.82) is 0 Å². The van der Waals surface area contributed by atoms with Crippen LogP contribution >= 0.6 is 11.3 Å². The van der Waals surface area contributed by atoms with Crippen LogP contribution in [0.2, 0.25) is 0 Å². The molecule has 0 atom stereocenters. The van der Waals surface area contributed by atoms with E-state index in [0.29, 0.717) is 10.7 Å². The topological polar surface area (TPSA) is 54.9 Å². The Bertz CT molecular complexity index is 856. The Kier molecular flexibility index (Phi) is 4.21. The number of thiazole rings is 1. The van der Waals surface area contributed by atoms with Gasteiger partial charge in [0.15, 0.2) is 5.13 Å². The molecule has 3 aromatic rings. The highest BCUT2D eigenvalue weighted by Crippen LogP contribution is 2.31. The van der Waals surface area contributed by atoms with Gasteiger partial charge in [-0.25, -0.2) is 4.98 Å². The number of nitrogens with one attached hydrogen (secondary N) is 1. The number of carbonyl (C=O) groups is 1. The van der Waals surface area contributed by atoms with Gasteiger partial charge in [-0.3, -0.25) is 15.1 Å². The normalized spacial score (nSPS) is 10.6. The average Bonchev–Trinajstić information content (AvgIpc) is 2.91. The van der Waals surface area contributed by atoms with Crippen LogP contribution in [0.5, 0.6) is 0 Å². The van der Waals surface area contributed by atoms with Crippen molar-refractivity contribution in [1.82, 2.24) is 9.97 Å². The lowest BCUT2D eigenvalue weighted by molar-refractivity contribution is 0.102. The molecule has 0 spiro atoms. The fourth-order valence-corrected chi connectivity index (χ4v) is 3.11. The lowest BCUT2D eigenvalue weighted by Gasteiger charge is -2.03. The Morgan fingerprint density at radius 3 is 2.48 bits per heavy atom. The zero-order chi connectivity index (χ0) is 16.4. The molecule has 5 heteroatoms. The summed E-state index contributed by atoms with van der Waals surface area (Å²) in [6, 6.07) is 9.66. The number of rotatable bonds is 3. The number of anilines is 1. The van der Waals surface area contributed by atoms with Crippen LogP contribution < -0.4 is 5.32 Å². The maximum Gasteiger partial charge on any atom is 0.257 e. The van der Waals surface area contributed by atoms with Gasteiger partial charge in [-0.1, -0.05) is 12.1 Å². The van der Waals surface area contributed by atoms with Crippen LogP contribution in [0.3, 0.4) is 0 Å². The summed E-state index contributed by atoms with van der Waals surface area (Å²) >= 11 is 1.48. The number of nitrogens with zero attached hydrogens (tertiary/aromatic N) is 2. The van der Waals surface area contributed by atoms with E-state index in [-0.39, 0.29) is 5.91 Å². The van der Waals surface area contributed by atoms with Gasteiger partial charge >= 0.3 is 0 Å². The Balaban J connectivity index is 1.86. The smallest absolute Gasteiger partial charge is 0.257 e. The van der Waals surface area contributed by atoms with E-state index in [2.05, 4.69) is 47.3 Å². The minimum absolute atomic E-state index is 0.173. The van der Waals surface area contributed by atoms with E-state index in [1.54, 1.807) is 24.5 Å². The summed E-state index contributed by atoms with van der Waals surface area (Å²) in [5.41, 5.74) is 5.06. The summed E-state index contributed by atoms with van der Waals surface area (Å²) in [7, 11) is 0. The maximum absolute atomic E-state index is 12.2. The van der Waals surface area contributed by atoms with E-state index in [4.69, 9.17) is 0 Å². The van der Waals surface area contributed by atoms with Gasteiger partial charge in [-0.15, -0.1) is 11.3 Å². The van der Waals surface area contributed by atoms with Crippen molar-refractivity contribution in [2.45, 2.75) is 20.8 Å². The van der Waals surface area contributed by atoms with Crippen LogP contribution in [-0.4, -0.2) is 15.9 Å². The summed E-state index contributed by atoms with van der Waals surface area (Å²) < 4.78 is 0. The second-order valence-corrected chi connectivity index (χ2v) is 6.62. The summed E-state index contributed by atoms with van der Waals surface area (Å²) in [4.78, 5) is 21.8. The fourth-order valence-electron chi connectivity index (χ4n) is 2.28. The molecule has 4 nitrogen and oxygen atoms in total. The summed E-state index contributed by atoms with van der Waals surface area (Å²) in [6.07, 6.45) is 3.20. The van der Waals surface area contributed by atoms with Gasteiger partial charge in [0.1, 0.15) is 0 Å². The van der Waals surface area contributed by atoms with Gasteiger partial charge in [-0.2, -0.15) is 0 Å². The molecule has 2 aromatic heterocycles. The Morgan fingerprint density at radius 2 is 1.78 bits per heavy atom. The molecule has 0 saturated heterocycles. The first-order chi connectivity index (χ1) is 11.0. The van der Waals surface area contributed by atoms with E-state index in [1.807, 2.05) is 6.92 Å². The number of amides is 1. The van der Waals surface area contributed by atoms with Crippen molar-refractivity contribution in [2.24, 2.45) is 0 Å². The second kappa shape index (κ2) is 6.30. The summed E-state index contributed by atoms with van der Waals surface area (Å²) in [5, 5.41) is 3.46. The molecule has 1 N–H and O–H groups in total. The molecule has 0 aliphatic carbocycles. The molecule has 0 unspecified atom stereocenters. The van der Waals surface area contributed by atoms with Crippen LogP contribution in [0.4, 0.5) is 5.13 Å². The summed E-state index contributed by atoms with van der Waals surface area (Å²) in [5.74, 6) is -0.173. The van der Waals surface area contributed by atoms with Crippen molar-refractivity contribution in [3.05, 3.63) is 64.3 Å². The quantitative estimate of drug-likeness (QED) is 0.778. The van der Waals surface area contributed by atoms with Crippen LogP contribution in [0.25, 0.3) is 11.3 Å². The van der Waals surface area contributed by atoms with E-state index in [1.165, 1.54) is 22.5 Å². The zero-order valence-corrected chi connectivity index (χ0v) is 14.1. The molecule has 23 heavy (non-hydrogen) atoms. The molecular formula is C18H17N3OS. The molecule has 2 heterocycles. The van der Waals surface area contributed by atoms with E-state index < -0.39 is 0 Å². The molecule has 0 radical (unpaired) electrons. The van der Waals surface area contributed by atoms with Crippen LogP contribution in [0.15, 0.2) is 42.7 Å². The Morgan fingerprint density at radius 1 is 1.04 bits per heavy atom. The fraction of sp³-hybridized carbons (Fsp3) is 0.167. The standard InChI is InChI=1S/C18H17N3OS/c1-11-4-5-15(10-12(11)2)16-13(3)23-18(20-16)21-17(22)14-6-8-19-9-7-14/h4-10H,1-3H3,(H,20,21,22). The number of pyridine rings is 1. The monoisotopic (exact) mass is 323 g/mol. The number of aromatic nitrogens is 2. The number of hydrogen-bond donors (Lipinski definition) is 1. The largest absolute Gasteiger partial charge is 0.298 e. The third kappa shape index (κ3) is 3.29. The van der Waals surface area contributed by atoms with Crippen molar-refractivity contribution >= 4 is 22.4 Å². The van der Waals surface area contributed by atoms with E-state index in [0.717, 1.165) is 16.1 Å². The van der Waals surface area contributed by atoms with Crippen molar-refractivity contribution < 1.29 is 4.79 Å². The second-order valence-electron chi connectivity index (χ2n) is 5.41. The third-order valence-electron chi connectivity index (χ3n) is 3.74. The van der Waals surface area contributed by atoms with E-state index in [9.17, 15) is 4.79 Å². The Labute approximate surface area is 139 Å². The first kappa shape index (κ1) is 15.4. The number of benzene rings is 1. The lowest BCUT2D eigenvalue weighted by atomic mass is 10.0. The minimum atomic E-state index is -0.173. The molecular weight excluding hydrogens is 306 g/mol. The van der Waals surface area contributed by atoms with Gasteiger partial charge in [-0.05, 0) is 50.1 Å². The molecule has 1 aromatic carbocycles. The van der Waals surface area contributed by atoms with Gasteiger partial charge in [0.05, 0.1) is 5.69 Å². The van der Waals surface area contributed by atoms with Gasteiger partial charge < -0.3 is 0 Å². The Hall–Kier alpha value is -2.53. The van der Waals surface area contributed by atoms with Gasteiger partial charge in [0.2, 0.25) is 0 Å². The highest BCUT2D eigenvalue weighted by Gasteiger charge is 2.13. The molecule has 0 saturated carbocycles. The minimum Gasteiger partial charge on any atom is -0.298 e. The van der Waals surface area contributed by atoms with Crippen molar-refractivity contribution in [3.8, 4) is 11.3 Å². The maximum atomic E-state index is 12.2. The number of aryl methyl sites for hydroxylation is 3. The first-order valence-electron chi connectivity index (χ1n) is 7.31. The third-order valence-corrected chi connectivity index (χ3v) is 4.63. The molecule has 0 fully saturated rings. The lowest BCUT2D eigenvalue weighted by Crippen LogP contribution is -2.11. The average molecular weight is 323 g/mol. The molecule has 0 aliphatic heterocycles. The molecule has 116 valence electrons. The van der Waals surface area contributed by atoms with Crippen molar-refractivity contribution in [3.63, 3.8) is 0 Å². The van der Waals surface area contributed by atoms with Gasteiger partial charge in [0.25, 0.3) is 5.91 Å². The van der Waals surface area contributed by atoms with Crippen LogP contribution in [0, 0.1) is 20.8 Å². The highest BCUT2D eigenvalue weighted by molar-refractivity contribution is 7.16. The highest BCUT2D eigenvalue weighted by atomic mass is 32.1. The number of hydrogen-bond acceptors (Lipinski definition) is 4. The van der Waals surface area contributed by atoms with E-state index >= 15 is 0 Å². The molecule has 1 amide bonds. The van der Waals surface area contributed by atoms with Gasteiger partial charge in [0, 0.05) is 28.4 Å². The predicted octanol–water partition coefficient (Wildman–Crippen LogP) is 4.38. The molecule has 0 bridgehead atoms. The predicted molar refractivity (Wildman–Crippen MR) is 94.0 cm³/mol. The number of carbonyl (C=O) groups excluding carboxylic acids is 1. The SMILES string of the molecule is Cc1ccc(-c2nc(NC(=O)c3ccncc3)sc2C)cc1C. The molecule has 3 rings (SSSR count). The van der Waals surface area contributed by atoms with Crippen LogP contribution in [-0.2, 0) is 0 Å². The summed E-state index contributed by atoms with van der Waals surface area (Å²) in [6.45, 7) is 6.20. The van der Waals surface area contributed by atoms with Crippen LogP contribution in [0.1, 0.15) is 26.4 Å². The zero-order valence-electron chi connectivity index (χ0n) is 13.3. The molecule has 0 aliphatic rings.